The van der Waals surface area contributed by atoms with E-state index in [9.17, 15) is 9.59 Å². The number of thioether (sulfide) groups is 2. The van der Waals surface area contributed by atoms with Crippen molar-refractivity contribution in [2.75, 3.05) is 24.8 Å². The van der Waals surface area contributed by atoms with E-state index >= 15 is 0 Å². The molecule has 2 N–H and O–H groups in total. The average molecular weight is 232 g/mol. The molecule has 2 heterocycles. The number of hydrogen-bond acceptors (Lipinski definition) is 6. The molecule has 4 nitrogen and oxygen atoms in total. The average Bonchev–Trinajstić information content (AvgIpc) is 2.87. The Bertz CT molecular complexity index is 222. The first kappa shape index (κ1) is 10.5. The maximum Gasteiger partial charge on any atom is 0.213 e. The normalized spacial score (nSPS) is 32.0. The molecule has 78 valence electrons. The molecule has 0 aromatic carbocycles. The van der Waals surface area contributed by atoms with Gasteiger partial charge in [0.15, 0.2) is 0 Å². The van der Waals surface area contributed by atoms with Crippen LogP contribution < -0.4 is 10.6 Å². The smallest absolute Gasteiger partial charge is 0.213 e. The summed E-state index contributed by atoms with van der Waals surface area (Å²) in [5, 5.41) is 5.83. The molecule has 0 bridgehead atoms. The molecule has 0 aromatic heterocycles. The van der Waals surface area contributed by atoms with Gasteiger partial charge in [-0.1, -0.05) is 0 Å². The summed E-state index contributed by atoms with van der Waals surface area (Å²) in [7, 11) is 0. The highest BCUT2D eigenvalue weighted by Crippen LogP contribution is 2.21. The van der Waals surface area contributed by atoms with Gasteiger partial charge in [0, 0.05) is 24.8 Å². The number of carbonyl (C=O) groups is 2. The van der Waals surface area contributed by atoms with E-state index in [4.69, 9.17) is 0 Å². The number of ketones is 2. The Hall–Kier alpha value is -0.0400. The van der Waals surface area contributed by atoms with E-state index in [2.05, 4.69) is 10.6 Å². The van der Waals surface area contributed by atoms with Gasteiger partial charge in [-0.15, -0.1) is 23.5 Å². The minimum Gasteiger partial charge on any atom is -0.306 e. The highest BCUT2D eigenvalue weighted by molar-refractivity contribution is 8.01. The van der Waals surface area contributed by atoms with Crippen LogP contribution in [0.15, 0.2) is 0 Å². The highest BCUT2D eigenvalue weighted by atomic mass is 32.2. The largest absolute Gasteiger partial charge is 0.306 e. The van der Waals surface area contributed by atoms with Crippen LogP contribution in [0.1, 0.15) is 0 Å². The zero-order valence-corrected chi connectivity index (χ0v) is 9.25. The highest BCUT2D eigenvalue weighted by Gasteiger charge is 2.34. The molecule has 0 aromatic rings. The second-order valence-electron chi connectivity index (χ2n) is 3.24. The van der Waals surface area contributed by atoms with Crippen LogP contribution >= 0.6 is 23.5 Å². The number of rotatable bonds is 3. The van der Waals surface area contributed by atoms with E-state index in [0.717, 1.165) is 11.8 Å². The first-order valence-corrected chi connectivity index (χ1v) is 6.61. The molecule has 2 unspecified atom stereocenters. The monoisotopic (exact) mass is 232 g/mol. The minimum absolute atomic E-state index is 0.149. The summed E-state index contributed by atoms with van der Waals surface area (Å²) >= 11 is 3.05. The maximum absolute atomic E-state index is 11.7. The molecular formula is C8H12N2O2S2. The fourth-order valence-electron chi connectivity index (χ4n) is 1.47. The molecule has 2 aliphatic heterocycles. The van der Waals surface area contributed by atoms with Gasteiger partial charge >= 0.3 is 0 Å². The topological polar surface area (TPSA) is 58.2 Å². The van der Waals surface area contributed by atoms with Crippen molar-refractivity contribution >= 4 is 35.1 Å². The van der Waals surface area contributed by atoms with Crippen LogP contribution in [0.25, 0.3) is 0 Å². The maximum atomic E-state index is 11.7. The lowest BCUT2D eigenvalue weighted by molar-refractivity contribution is -0.135. The van der Waals surface area contributed by atoms with Crippen LogP contribution in [0.5, 0.6) is 0 Å². The van der Waals surface area contributed by atoms with Crippen molar-refractivity contribution in [3.05, 3.63) is 0 Å². The van der Waals surface area contributed by atoms with Crippen molar-refractivity contribution in [2.24, 2.45) is 0 Å². The van der Waals surface area contributed by atoms with E-state index in [-0.39, 0.29) is 22.1 Å². The summed E-state index contributed by atoms with van der Waals surface area (Å²) in [4.78, 5) is 23.4. The Morgan fingerprint density at radius 3 is 1.64 bits per heavy atom. The minimum atomic E-state index is -0.207. The second-order valence-corrected chi connectivity index (χ2v) is 5.62. The van der Waals surface area contributed by atoms with Gasteiger partial charge in [-0.3, -0.25) is 9.59 Å². The zero-order valence-electron chi connectivity index (χ0n) is 7.62. The molecular weight excluding hydrogens is 220 g/mol. The molecule has 0 saturated carbocycles. The van der Waals surface area contributed by atoms with Crippen molar-refractivity contribution in [3.8, 4) is 0 Å². The Labute approximate surface area is 91.0 Å². The van der Waals surface area contributed by atoms with Gasteiger partial charge in [-0.25, -0.2) is 0 Å². The first-order chi connectivity index (χ1) is 6.79. The van der Waals surface area contributed by atoms with Crippen LogP contribution in [-0.4, -0.2) is 46.9 Å². The molecule has 14 heavy (non-hydrogen) atoms. The fourth-order valence-corrected chi connectivity index (χ4v) is 3.35. The third-order valence-corrected chi connectivity index (χ3v) is 4.57. The molecule has 6 heteroatoms. The third-order valence-electron chi connectivity index (χ3n) is 2.26. The van der Waals surface area contributed by atoms with Crippen molar-refractivity contribution < 1.29 is 9.59 Å². The quantitative estimate of drug-likeness (QED) is 0.637. The van der Waals surface area contributed by atoms with E-state index in [1.807, 2.05) is 0 Å². The molecule has 0 aliphatic carbocycles. The standard InChI is InChI=1S/C8H12N2O2S2/c11-7(5-1-9-3-13-5)8(12)6-2-10-4-14-6/h5-6,9-10H,1-4H2. The number of carbonyl (C=O) groups excluding carboxylic acids is 2. The van der Waals surface area contributed by atoms with Gasteiger partial charge in [0.05, 0.1) is 10.5 Å². The van der Waals surface area contributed by atoms with Crippen molar-refractivity contribution in [1.82, 2.24) is 10.6 Å². The van der Waals surface area contributed by atoms with Gasteiger partial charge in [0.2, 0.25) is 11.6 Å². The lowest BCUT2D eigenvalue weighted by Gasteiger charge is -2.08. The number of hydrogen-bond donors (Lipinski definition) is 2. The predicted molar refractivity (Wildman–Crippen MR) is 58.5 cm³/mol. The summed E-state index contributed by atoms with van der Waals surface area (Å²) in [5.41, 5.74) is 0. The zero-order chi connectivity index (χ0) is 9.97. The molecule has 0 spiro atoms. The fraction of sp³-hybridized carbons (Fsp3) is 0.750. The first-order valence-electron chi connectivity index (χ1n) is 4.52. The van der Waals surface area contributed by atoms with Crippen LogP contribution in [0.2, 0.25) is 0 Å². The van der Waals surface area contributed by atoms with E-state index in [1.165, 1.54) is 23.5 Å². The third kappa shape index (κ3) is 2.13. The number of nitrogens with one attached hydrogen (secondary N) is 2. The van der Waals surface area contributed by atoms with Crippen LogP contribution in [0, 0.1) is 0 Å². The van der Waals surface area contributed by atoms with E-state index in [1.54, 1.807) is 0 Å². The van der Waals surface area contributed by atoms with Crippen LogP contribution in [0.4, 0.5) is 0 Å². The lowest BCUT2D eigenvalue weighted by atomic mass is 10.1. The van der Waals surface area contributed by atoms with Gasteiger partial charge in [0.1, 0.15) is 0 Å². The van der Waals surface area contributed by atoms with E-state index in [0.29, 0.717) is 13.1 Å². The molecule has 0 amide bonds. The molecule has 2 atom stereocenters. The van der Waals surface area contributed by atoms with Crippen LogP contribution in [0.3, 0.4) is 0 Å². The van der Waals surface area contributed by atoms with Gasteiger partial charge < -0.3 is 10.6 Å². The van der Waals surface area contributed by atoms with Crippen molar-refractivity contribution in [2.45, 2.75) is 10.5 Å². The summed E-state index contributed by atoms with van der Waals surface area (Å²) < 4.78 is 0. The molecule has 2 rings (SSSR count). The molecule has 2 fully saturated rings. The van der Waals surface area contributed by atoms with Crippen LogP contribution in [-0.2, 0) is 9.59 Å². The summed E-state index contributed by atoms with van der Waals surface area (Å²) in [5.74, 6) is 1.14. The number of Topliss-reactive ketones (excluding diaryl/α,β-unsaturated/α-hetero) is 2. The Kier molecular flexibility index (Phi) is 3.48. The summed E-state index contributed by atoms with van der Waals surface area (Å²) in [6.07, 6.45) is 0. The van der Waals surface area contributed by atoms with Gasteiger partial charge in [0.25, 0.3) is 0 Å². The summed E-state index contributed by atoms with van der Waals surface area (Å²) in [6.45, 7) is 1.28. The SMILES string of the molecule is O=C(C(=O)C1CNCS1)C1CNCS1. The van der Waals surface area contributed by atoms with Crippen molar-refractivity contribution in [1.29, 1.82) is 0 Å². The lowest BCUT2D eigenvalue weighted by Crippen LogP contribution is -2.36. The molecule has 0 radical (unpaired) electrons. The Morgan fingerprint density at radius 2 is 1.36 bits per heavy atom. The predicted octanol–water partition coefficient (Wildman–Crippen LogP) is -0.550. The second kappa shape index (κ2) is 4.65. The van der Waals surface area contributed by atoms with E-state index < -0.39 is 0 Å². The van der Waals surface area contributed by atoms with Crippen molar-refractivity contribution in [3.63, 3.8) is 0 Å². The Balaban J connectivity index is 1.92. The van der Waals surface area contributed by atoms with Gasteiger partial charge in [-0.05, 0) is 0 Å². The Morgan fingerprint density at radius 1 is 0.929 bits per heavy atom. The van der Waals surface area contributed by atoms with Gasteiger partial charge in [-0.2, -0.15) is 0 Å². The summed E-state index contributed by atoms with van der Waals surface area (Å²) in [6, 6.07) is 0. The molecule has 2 saturated heterocycles. The molecule has 2 aliphatic rings.